The largest absolute Gasteiger partial charge is 0.759 e. The molecule has 1 aromatic rings. The van der Waals surface area contributed by atoms with Crippen LogP contribution in [-0.4, -0.2) is 15.3 Å². The summed E-state index contributed by atoms with van der Waals surface area (Å²) in [5, 5.41) is 1.67. The molecule has 2 rings (SSSR count). The first kappa shape index (κ1) is 9.64. The van der Waals surface area contributed by atoms with Crippen molar-refractivity contribution < 1.29 is 8.76 Å². The van der Waals surface area contributed by atoms with Gasteiger partial charge in [-0.25, -0.2) is 0 Å². The number of fused-ring (bicyclic) bond motifs is 1. The number of benzene rings is 1. The van der Waals surface area contributed by atoms with Crippen LogP contribution in [0.4, 0.5) is 5.69 Å². The molecule has 4 nitrogen and oxygen atoms in total. The van der Waals surface area contributed by atoms with Gasteiger partial charge >= 0.3 is 0 Å². The van der Waals surface area contributed by atoms with Gasteiger partial charge in [-0.2, -0.15) is 4.83 Å². The first-order chi connectivity index (χ1) is 6.68. The maximum absolute atomic E-state index is 10.5. The lowest BCUT2D eigenvalue weighted by Crippen LogP contribution is -2.38. The van der Waals surface area contributed by atoms with E-state index in [2.05, 4.69) is 4.83 Å². The molecule has 1 N–H and O–H groups in total. The van der Waals surface area contributed by atoms with Gasteiger partial charge in [-0.3, -0.25) is 9.22 Å². The van der Waals surface area contributed by atoms with E-state index in [4.69, 9.17) is 0 Å². The molecular formula is C9H11N2O2S-. The minimum Gasteiger partial charge on any atom is -0.759 e. The predicted molar refractivity (Wildman–Crippen MR) is 54.3 cm³/mol. The van der Waals surface area contributed by atoms with Crippen molar-refractivity contribution in [1.82, 2.24) is 4.83 Å². The van der Waals surface area contributed by atoms with Gasteiger partial charge in [0.25, 0.3) is 0 Å². The second kappa shape index (κ2) is 3.68. The Balaban J connectivity index is 2.33. The zero-order valence-corrected chi connectivity index (χ0v) is 8.63. The number of para-hydroxylation sites is 1. The molecule has 1 unspecified atom stereocenters. The Kier molecular flexibility index (Phi) is 2.54. The smallest absolute Gasteiger partial charge is 0.0591 e. The van der Waals surface area contributed by atoms with Crippen molar-refractivity contribution in [2.24, 2.45) is 0 Å². The van der Waals surface area contributed by atoms with Crippen LogP contribution in [0.3, 0.4) is 0 Å². The van der Waals surface area contributed by atoms with Gasteiger partial charge in [-0.05, 0) is 24.5 Å². The quantitative estimate of drug-likeness (QED) is 0.731. The molecule has 0 aromatic heterocycles. The van der Waals surface area contributed by atoms with E-state index in [0.29, 0.717) is 6.54 Å². The van der Waals surface area contributed by atoms with Crippen LogP contribution in [0.25, 0.3) is 0 Å². The molecule has 0 spiro atoms. The highest BCUT2D eigenvalue weighted by atomic mass is 32.2. The van der Waals surface area contributed by atoms with E-state index in [1.807, 2.05) is 25.1 Å². The van der Waals surface area contributed by atoms with Crippen LogP contribution in [-0.2, 0) is 17.7 Å². The monoisotopic (exact) mass is 211 g/mol. The Morgan fingerprint density at radius 2 is 2.36 bits per heavy atom. The van der Waals surface area contributed by atoms with Crippen molar-refractivity contribution in [3.63, 3.8) is 0 Å². The lowest BCUT2D eigenvalue weighted by molar-refractivity contribution is 0.520. The summed E-state index contributed by atoms with van der Waals surface area (Å²) >= 11 is -2.25. The van der Waals surface area contributed by atoms with E-state index < -0.39 is 11.3 Å². The molecule has 0 fully saturated rings. The second-order valence-corrected chi connectivity index (χ2v) is 3.96. The zero-order valence-electron chi connectivity index (χ0n) is 7.82. The third kappa shape index (κ3) is 1.66. The summed E-state index contributed by atoms with van der Waals surface area (Å²) in [6.07, 6.45) is 0.890. The third-order valence-electron chi connectivity index (χ3n) is 2.38. The second-order valence-electron chi connectivity index (χ2n) is 3.31. The molecule has 0 bridgehead atoms. The van der Waals surface area contributed by atoms with Crippen LogP contribution < -0.4 is 9.84 Å². The number of hydrogen-bond acceptors (Lipinski definition) is 3. The zero-order chi connectivity index (χ0) is 10.1. The summed E-state index contributed by atoms with van der Waals surface area (Å²) in [7, 11) is 0. The SMILES string of the molecule is Cc1cccc2c1N(NS(=O)[O-])CC2. The highest BCUT2D eigenvalue weighted by Gasteiger charge is 2.20. The maximum atomic E-state index is 10.5. The lowest BCUT2D eigenvalue weighted by Gasteiger charge is -2.22. The first-order valence-corrected chi connectivity index (χ1v) is 5.47. The number of hydrogen-bond donors (Lipinski definition) is 1. The van der Waals surface area contributed by atoms with Crippen LogP contribution in [0.2, 0.25) is 0 Å². The molecule has 5 heteroatoms. The summed E-state index contributed by atoms with van der Waals surface area (Å²) in [6.45, 7) is 2.68. The van der Waals surface area contributed by atoms with Crippen molar-refractivity contribution in [3.05, 3.63) is 29.3 Å². The number of hydrazine groups is 1. The molecule has 0 saturated carbocycles. The van der Waals surface area contributed by atoms with E-state index in [9.17, 15) is 8.76 Å². The summed E-state index contributed by atoms with van der Waals surface area (Å²) in [6, 6.07) is 6.00. The average Bonchev–Trinajstić information content (AvgIpc) is 2.49. The third-order valence-corrected chi connectivity index (χ3v) is 2.75. The highest BCUT2D eigenvalue weighted by molar-refractivity contribution is 7.77. The van der Waals surface area contributed by atoms with Gasteiger partial charge in [0.15, 0.2) is 0 Å². The number of nitrogens with one attached hydrogen (secondary N) is 1. The van der Waals surface area contributed by atoms with Crippen molar-refractivity contribution in [2.45, 2.75) is 13.3 Å². The molecule has 0 amide bonds. The van der Waals surface area contributed by atoms with Gasteiger partial charge in [0.2, 0.25) is 0 Å². The maximum Gasteiger partial charge on any atom is 0.0591 e. The highest BCUT2D eigenvalue weighted by Crippen LogP contribution is 2.29. The predicted octanol–water partition coefficient (Wildman–Crippen LogP) is 0.656. The molecule has 1 aromatic carbocycles. The molecule has 1 heterocycles. The fourth-order valence-corrected chi connectivity index (χ4v) is 2.20. The van der Waals surface area contributed by atoms with E-state index in [0.717, 1.165) is 17.7 Å². The molecule has 76 valence electrons. The minimum atomic E-state index is -2.25. The molecule has 0 saturated heterocycles. The molecular weight excluding hydrogens is 200 g/mol. The van der Waals surface area contributed by atoms with Crippen molar-refractivity contribution >= 4 is 17.0 Å². The lowest BCUT2D eigenvalue weighted by atomic mass is 10.1. The number of anilines is 1. The van der Waals surface area contributed by atoms with Crippen LogP contribution >= 0.6 is 0 Å². The van der Waals surface area contributed by atoms with Gasteiger partial charge in [-0.1, -0.05) is 18.2 Å². The minimum absolute atomic E-state index is 0.703. The molecule has 1 aliphatic heterocycles. The molecule has 14 heavy (non-hydrogen) atoms. The Hall–Kier alpha value is -0.910. The van der Waals surface area contributed by atoms with Crippen LogP contribution in [0.5, 0.6) is 0 Å². The number of aryl methyl sites for hydroxylation is 1. The summed E-state index contributed by atoms with van der Waals surface area (Å²) in [4.78, 5) is 2.39. The summed E-state index contributed by atoms with van der Waals surface area (Å²) in [5.74, 6) is 0. The fourth-order valence-electron chi connectivity index (χ4n) is 1.83. The average molecular weight is 211 g/mol. The Morgan fingerprint density at radius 3 is 3.07 bits per heavy atom. The fraction of sp³-hybridized carbons (Fsp3) is 0.333. The molecule has 0 radical (unpaired) electrons. The number of rotatable bonds is 2. The molecule has 0 aliphatic carbocycles. The van der Waals surface area contributed by atoms with Crippen molar-refractivity contribution in [1.29, 1.82) is 0 Å². The van der Waals surface area contributed by atoms with Gasteiger partial charge in [0, 0.05) is 17.8 Å². The Bertz CT molecular complexity index is 381. The van der Waals surface area contributed by atoms with E-state index in [-0.39, 0.29) is 0 Å². The summed E-state index contributed by atoms with van der Waals surface area (Å²) in [5.41, 5.74) is 3.29. The van der Waals surface area contributed by atoms with E-state index in [1.165, 1.54) is 5.56 Å². The van der Waals surface area contributed by atoms with Gasteiger partial charge in [0.05, 0.1) is 5.69 Å². The Labute approximate surface area is 85.3 Å². The normalized spacial score (nSPS) is 16.9. The van der Waals surface area contributed by atoms with Gasteiger partial charge < -0.3 is 4.55 Å². The van der Waals surface area contributed by atoms with Crippen LogP contribution in [0.15, 0.2) is 18.2 Å². The summed E-state index contributed by atoms with van der Waals surface area (Å²) < 4.78 is 21.0. The van der Waals surface area contributed by atoms with Gasteiger partial charge in [0.1, 0.15) is 0 Å². The van der Waals surface area contributed by atoms with Crippen LogP contribution in [0.1, 0.15) is 11.1 Å². The number of nitrogens with zero attached hydrogens (tertiary/aromatic N) is 1. The topological polar surface area (TPSA) is 55.4 Å². The van der Waals surface area contributed by atoms with Crippen LogP contribution in [0, 0.1) is 6.92 Å². The molecule has 1 atom stereocenters. The molecule has 1 aliphatic rings. The van der Waals surface area contributed by atoms with E-state index >= 15 is 0 Å². The van der Waals surface area contributed by atoms with Crippen molar-refractivity contribution in [3.8, 4) is 0 Å². The standard InChI is InChI=1S/C9H12N2O2S/c1-7-3-2-4-8-5-6-11(9(7)8)10-14(12)13/h2-4,10H,5-6H2,1H3,(H,12,13)/p-1. The van der Waals surface area contributed by atoms with E-state index in [1.54, 1.807) is 5.01 Å². The Morgan fingerprint density at radius 1 is 1.57 bits per heavy atom. The van der Waals surface area contributed by atoms with Crippen molar-refractivity contribution in [2.75, 3.05) is 11.6 Å². The first-order valence-electron chi connectivity index (χ1n) is 4.40. The van der Waals surface area contributed by atoms with Gasteiger partial charge in [-0.15, -0.1) is 0 Å².